The Kier molecular flexibility index (Phi) is 6.24. The fraction of sp³-hybridized carbons (Fsp3) is 0.800. The SMILES string of the molecule is CCCC/C(C)=C/CC(C)O. The Morgan fingerprint density at radius 2 is 2.18 bits per heavy atom. The largest absolute Gasteiger partial charge is 0.393 e. The van der Waals surface area contributed by atoms with Crippen LogP contribution in [0.1, 0.15) is 46.5 Å². The molecule has 11 heavy (non-hydrogen) atoms. The molecule has 0 bridgehead atoms. The average molecular weight is 156 g/mol. The second kappa shape index (κ2) is 6.41. The summed E-state index contributed by atoms with van der Waals surface area (Å²) in [5.41, 5.74) is 1.41. The number of unbranched alkanes of at least 4 members (excludes halogenated alkanes) is 1. The zero-order valence-corrected chi connectivity index (χ0v) is 7.93. The molecule has 1 heteroatoms. The molecule has 0 saturated carbocycles. The van der Waals surface area contributed by atoms with Gasteiger partial charge in [0.2, 0.25) is 0 Å². The molecule has 0 rings (SSSR count). The predicted molar refractivity (Wildman–Crippen MR) is 49.6 cm³/mol. The second-order valence-electron chi connectivity index (χ2n) is 3.24. The monoisotopic (exact) mass is 156 g/mol. The Bertz CT molecular complexity index is 114. The third kappa shape index (κ3) is 7.60. The second-order valence-corrected chi connectivity index (χ2v) is 3.24. The van der Waals surface area contributed by atoms with Gasteiger partial charge in [-0.1, -0.05) is 25.0 Å². The fourth-order valence-electron chi connectivity index (χ4n) is 0.929. The summed E-state index contributed by atoms with van der Waals surface area (Å²) < 4.78 is 0. The van der Waals surface area contributed by atoms with Crippen LogP contribution in [0.5, 0.6) is 0 Å². The Labute approximate surface area is 70.1 Å². The first-order valence-corrected chi connectivity index (χ1v) is 4.50. The van der Waals surface area contributed by atoms with E-state index in [4.69, 9.17) is 5.11 Å². The van der Waals surface area contributed by atoms with Crippen LogP contribution in [0.15, 0.2) is 11.6 Å². The van der Waals surface area contributed by atoms with Crippen molar-refractivity contribution in [2.45, 2.75) is 52.6 Å². The zero-order valence-electron chi connectivity index (χ0n) is 7.93. The molecule has 1 nitrogen and oxygen atoms in total. The molecule has 0 radical (unpaired) electrons. The van der Waals surface area contributed by atoms with E-state index in [1.54, 1.807) is 0 Å². The van der Waals surface area contributed by atoms with Crippen LogP contribution < -0.4 is 0 Å². The molecular weight excluding hydrogens is 136 g/mol. The van der Waals surface area contributed by atoms with E-state index in [1.165, 1.54) is 24.8 Å². The third-order valence-corrected chi connectivity index (χ3v) is 1.73. The lowest BCUT2D eigenvalue weighted by Gasteiger charge is -2.01. The molecule has 0 aromatic heterocycles. The van der Waals surface area contributed by atoms with E-state index < -0.39 is 0 Å². The first-order valence-electron chi connectivity index (χ1n) is 4.50. The minimum Gasteiger partial charge on any atom is -0.393 e. The molecule has 1 atom stereocenters. The molecular formula is C10H20O. The molecule has 0 saturated heterocycles. The van der Waals surface area contributed by atoms with Crippen molar-refractivity contribution in [3.8, 4) is 0 Å². The highest BCUT2D eigenvalue weighted by molar-refractivity contribution is 4.98. The summed E-state index contributed by atoms with van der Waals surface area (Å²) >= 11 is 0. The molecule has 0 aromatic carbocycles. The summed E-state index contributed by atoms with van der Waals surface area (Å²) in [6.07, 6.45) is 6.45. The van der Waals surface area contributed by atoms with E-state index in [2.05, 4.69) is 19.9 Å². The van der Waals surface area contributed by atoms with Crippen molar-refractivity contribution < 1.29 is 5.11 Å². The van der Waals surface area contributed by atoms with E-state index in [1.807, 2.05) is 6.92 Å². The van der Waals surface area contributed by atoms with Crippen molar-refractivity contribution in [2.24, 2.45) is 0 Å². The maximum atomic E-state index is 8.98. The summed E-state index contributed by atoms with van der Waals surface area (Å²) in [6, 6.07) is 0. The first-order chi connectivity index (χ1) is 5.16. The van der Waals surface area contributed by atoms with Crippen LogP contribution >= 0.6 is 0 Å². The number of aliphatic hydroxyl groups excluding tert-OH is 1. The number of aliphatic hydroxyl groups is 1. The Balaban J connectivity index is 3.46. The highest BCUT2D eigenvalue weighted by Crippen LogP contribution is 2.07. The van der Waals surface area contributed by atoms with Gasteiger partial charge in [0.1, 0.15) is 0 Å². The maximum absolute atomic E-state index is 8.98. The van der Waals surface area contributed by atoms with Gasteiger partial charge < -0.3 is 5.11 Å². The molecule has 0 heterocycles. The lowest BCUT2D eigenvalue weighted by Crippen LogP contribution is -1.96. The van der Waals surface area contributed by atoms with Gasteiger partial charge in [0.15, 0.2) is 0 Å². The van der Waals surface area contributed by atoms with Crippen molar-refractivity contribution in [3.63, 3.8) is 0 Å². The van der Waals surface area contributed by atoms with Crippen molar-refractivity contribution in [1.82, 2.24) is 0 Å². The molecule has 0 aliphatic rings. The minimum absolute atomic E-state index is 0.188. The standard InChI is InChI=1S/C10H20O/c1-4-5-6-9(2)7-8-10(3)11/h7,10-11H,4-6,8H2,1-3H3/b9-7+. The van der Waals surface area contributed by atoms with Crippen LogP contribution in [0.4, 0.5) is 0 Å². The van der Waals surface area contributed by atoms with Gasteiger partial charge in [-0.05, 0) is 33.1 Å². The Hall–Kier alpha value is -0.300. The van der Waals surface area contributed by atoms with Gasteiger partial charge in [-0.25, -0.2) is 0 Å². The summed E-state index contributed by atoms with van der Waals surface area (Å²) in [5.74, 6) is 0. The number of rotatable bonds is 5. The lowest BCUT2D eigenvalue weighted by molar-refractivity contribution is 0.198. The van der Waals surface area contributed by atoms with Crippen molar-refractivity contribution in [1.29, 1.82) is 0 Å². The molecule has 1 N–H and O–H groups in total. The van der Waals surface area contributed by atoms with Crippen LogP contribution in [0.25, 0.3) is 0 Å². The third-order valence-electron chi connectivity index (χ3n) is 1.73. The van der Waals surface area contributed by atoms with E-state index in [0.717, 1.165) is 6.42 Å². The maximum Gasteiger partial charge on any atom is 0.0546 e. The van der Waals surface area contributed by atoms with Crippen molar-refractivity contribution in [3.05, 3.63) is 11.6 Å². The molecule has 0 aromatic rings. The van der Waals surface area contributed by atoms with Crippen molar-refractivity contribution >= 4 is 0 Å². The van der Waals surface area contributed by atoms with Crippen LogP contribution in [0, 0.1) is 0 Å². The quantitative estimate of drug-likeness (QED) is 0.607. The van der Waals surface area contributed by atoms with Crippen molar-refractivity contribution in [2.75, 3.05) is 0 Å². The van der Waals surface area contributed by atoms with Gasteiger partial charge in [-0.3, -0.25) is 0 Å². The highest BCUT2D eigenvalue weighted by Gasteiger charge is 1.92. The van der Waals surface area contributed by atoms with E-state index in [-0.39, 0.29) is 6.10 Å². The lowest BCUT2D eigenvalue weighted by atomic mass is 10.1. The van der Waals surface area contributed by atoms with E-state index in [9.17, 15) is 0 Å². The Morgan fingerprint density at radius 1 is 1.55 bits per heavy atom. The normalized spacial score (nSPS) is 15.1. The highest BCUT2D eigenvalue weighted by atomic mass is 16.3. The molecule has 0 spiro atoms. The number of hydrogen-bond donors (Lipinski definition) is 1. The fourth-order valence-corrected chi connectivity index (χ4v) is 0.929. The van der Waals surface area contributed by atoms with Gasteiger partial charge in [-0.15, -0.1) is 0 Å². The molecule has 1 unspecified atom stereocenters. The molecule has 0 fully saturated rings. The van der Waals surface area contributed by atoms with Gasteiger partial charge in [0.05, 0.1) is 6.10 Å². The summed E-state index contributed by atoms with van der Waals surface area (Å²) in [4.78, 5) is 0. The predicted octanol–water partition coefficient (Wildman–Crippen LogP) is 2.89. The number of hydrogen-bond acceptors (Lipinski definition) is 1. The number of allylic oxidation sites excluding steroid dienone is 1. The van der Waals surface area contributed by atoms with Crippen LogP contribution in [-0.2, 0) is 0 Å². The van der Waals surface area contributed by atoms with Gasteiger partial charge in [-0.2, -0.15) is 0 Å². The summed E-state index contributed by atoms with van der Waals surface area (Å²) in [5, 5.41) is 8.98. The molecule has 0 aliphatic carbocycles. The Morgan fingerprint density at radius 3 is 2.64 bits per heavy atom. The van der Waals surface area contributed by atoms with Gasteiger partial charge >= 0.3 is 0 Å². The van der Waals surface area contributed by atoms with Crippen LogP contribution in [-0.4, -0.2) is 11.2 Å². The van der Waals surface area contributed by atoms with Crippen LogP contribution in [0.2, 0.25) is 0 Å². The van der Waals surface area contributed by atoms with Crippen LogP contribution in [0.3, 0.4) is 0 Å². The topological polar surface area (TPSA) is 20.2 Å². The smallest absolute Gasteiger partial charge is 0.0546 e. The summed E-state index contributed by atoms with van der Waals surface area (Å²) in [6.45, 7) is 6.16. The zero-order chi connectivity index (χ0) is 8.69. The molecule has 66 valence electrons. The summed E-state index contributed by atoms with van der Waals surface area (Å²) in [7, 11) is 0. The molecule has 0 amide bonds. The van der Waals surface area contributed by atoms with E-state index >= 15 is 0 Å². The van der Waals surface area contributed by atoms with E-state index in [0.29, 0.717) is 0 Å². The van der Waals surface area contributed by atoms with Gasteiger partial charge in [0, 0.05) is 0 Å². The first kappa shape index (κ1) is 10.7. The minimum atomic E-state index is -0.188. The molecule has 0 aliphatic heterocycles. The van der Waals surface area contributed by atoms with Gasteiger partial charge in [0.25, 0.3) is 0 Å². The average Bonchev–Trinajstić information content (AvgIpc) is 1.97.